The first kappa shape index (κ1) is 11.0. The van der Waals surface area contributed by atoms with Gasteiger partial charge >= 0.3 is 0 Å². The van der Waals surface area contributed by atoms with Crippen LogP contribution in [-0.2, 0) is 16.1 Å². The first-order valence-corrected chi connectivity index (χ1v) is 4.74. The van der Waals surface area contributed by atoms with Gasteiger partial charge < -0.3 is 9.47 Å². The summed E-state index contributed by atoms with van der Waals surface area (Å²) in [5.41, 5.74) is 1.19. The van der Waals surface area contributed by atoms with Crippen LogP contribution in [0.25, 0.3) is 0 Å². The highest BCUT2D eigenvalue weighted by molar-refractivity contribution is 5.13. The minimum absolute atomic E-state index is 0.592. The van der Waals surface area contributed by atoms with Gasteiger partial charge in [-0.25, -0.2) is 0 Å². The summed E-state index contributed by atoms with van der Waals surface area (Å²) in [6, 6.07) is 10.1. The minimum atomic E-state index is 0.592. The molecule has 0 saturated carbocycles. The fraction of sp³-hybridized carbons (Fsp3) is 0.333. The molecule has 0 aliphatic heterocycles. The Morgan fingerprint density at radius 3 is 2.50 bits per heavy atom. The molecule has 0 saturated heterocycles. The highest BCUT2D eigenvalue weighted by Gasteiger charge is 1.91. The number of hydrogen-bond acceptors (Lipinski definition) is 2. The molecule has 0 atom stereocenters. The zero-order valence-electron chi connectivity index (χ0n) is 8.32. The zero-order valence-corrected chi connectivity index (χ0v) is 8.32. The lowest BCUT2D eigenvalue weighted by Gasteiger charge is -2.04. The molecule has 0 aromatic heterocycles. The van der Waals surface area contributed by atoms with Crippen LogP contribution in [0.4, 0.5) is 0 Å². The van der Waals surface area contributed by atoms with E-state index < -0.39 is 0 Å². The Hall–Kier alpha value is -1.12. The third-order valence-electron chi connectivity index (χ3n) is 1.72. The van der Waals surface area contributed by atoms with Crippen LogP contribution in [0, 0.1) is 0 Å². The second-order valence-corrected chi connectivity index (χ2v) is 2.90. The summed E-state index contributed by atoms with van der Waals surface area (Å²) in [6.07, 6.45) is 1.73. The maximum Gasteiger partial charge on any atom is 0.0718 e. The molecule has 0 aliphatic rings. The summed E-state index contributed by atoms with van der Waals surface area (Å²) in [4.78, 5) is 0. The van der Waals surface area contributed by atoms with E-state index in [0.29, 0.717) is 26.4 Å². The van der Waals surface area contributed by atoms with Crippen LogP contribution in [0.2, 0.25) is 0 Å². The fourth-order valence-electron chi connectivity index (χ4n) is 1.05. The van der Waals surface area contributed by atoms with Crippen molar-refractivity contribution in [3.8, 4) is 0 Å². The van der Waals surface area contributed by atoms with Gasteiger partial charge in [0, 0.05) is 0 Å². The highest BCUT2D eigenvalue weighted by atomic mass is 16.5. The quantitative estimate of drug-likeness (QED) is 0.488. The van der Waals surface area contributed by atoms with Crippen LogP contribution in [0.5, 0.6) is 0 Å². The number of ether oxygens (including phenoxy) is 2. The fourth-order valence-corrected chi connectivity index (χ4v) is 1.05. The lowest BCUT2D eigenvalue weighted by atomic mass is 10.2. The van der Waals surface area contributed by atoms with Gasteiger partial charge in [-0.1, -0.05) is 36.4 Å². The number of hydrogen-bond donors (Lipinski definition) is 0. The third kappa shape index (κ3) is 4.80. The summed E-state index contributed by atoms with van der Waals surface area (Å²) in [5, 5.41) is 0. The number of benzene rings is 1. The molecule has 0 unspecified atom stereocenters. The molecule has 0 bridgehead atoms. The number of rotatable bonds is 7. The van der Waals surface area contributed by atoms with Crippen molar-refractivity contribution in [1.29, 1.82) is 0 Å². The molecule has 1 rings (SSSR count). The second kappa shape index (κ2) is 7.30. The van der Waals surface area contributed by atoms with Crippen molar-refractivity contribution < 1.29 is 9.47 Å². The SMILES string of the molecule is C=CCOCCOCc1ccccc1. The molecule has 2 nitrogen and oxygen atoms in total. The normalized spacial score (nSPS) is 10.0. The van der Waals surface area contributed by atoms with Gasteiger partial charge in [0.1, 0.15) is 0 Å². The molecule has 0 spiro atoms. The van der Waals surface area contributed by atoms with Crippen molar-refractivity contribution in [2.75, 3.05) is 19.8 Å². The predicted octanol–water partition coefficient (Wildman–Crippen LogP) is 2.41. The van der Waals surface area contributed by atoms with Crippen LogP contribution in [0.1, 0.15) is 5.56 Å². The molecule has 1 aromatic rings. The van der Waals surface area contributed by atoms with E-state index >= 15 is 0 Å². The second-order valence-electron chi connectivity index (χ2n) is 2.90. The lowest BCUT2D eigenvalue weighted by molar-refractivity contribution is 0.0504. The van der Waals surface area contributed by atoms with E-state index in [9.17, 15) is 0 Å². The summed E-state index contributed by atoms with van der Waals surface area (Å²) >= 11 is 0. The van der Waals surface area contributed by atoms with Gasteiger partial charge in [0.05, 0.1) is 26.4 Å². The smallest absolute Gasteiger partial charge is 0.0718 e. The van der Waals surface area contributed by atoms with E-state index in [1.165, 1.54) is 5.56 Å². The summed E-state index contributed by atoms with van der Waals surface area (Å²) in [5.74, 6) is 0. The molecular weight excluding hydrogens is 176 g/mol. The molecule has 14 heavy (non-hydrogen) atoms. The van der Waals surface area contributed by atoms with Crippen molar-refractivity contribution in [1.82, 2.24) is 0 Å². The van der Waals surface area contributed by atoms with E-state index in [4.69, 9.17) is 9.47 Å². The molecule has 2 heteroatoms. The average molecular weight is 192 g/mol. The molecule has 0 amide bonds. The van der Waals surface area contributed by atoms with Gasteiger partial charge in [0.25, 0.3) is 0 Å². The standard InChI is InChI=1S/C12H16O2/c1-2-8-13-9-10-14-11-12-6-4-3-5-7-12/h2-7H,1,8-11H2. The molecule has 76 valence electrons. The minimum Gasteiger partial charge on any atom is -0.375 e. The summed E-state index contributed by atoms with van der Waals surface area (Å²) in [7, 11) is 0. The Kier molecular flexibility index (Phi) is 5.71. The summed E-state index contributed by atoms with van der Waals surface area (Å²) < 4.78 is 10.6. The zero-order chi connectivity index (χ0) is 10.1. The van der Waals surface area contributed by atoms with Crippen molar-refractivity contribution in [3.63, 3.8) is 0 Å². The monoisotopic (exact) mass is 192 g/mol. The Labute approximate surface area is 85.2 Å². The van der Waals surface area contributed by atoms with E-state index in [1.54, 1.807) is 6.08 Å². The average Bonchev–Trinajstić information content (AvgIpc) is 2.25. The topological polar surface area (TPSA) is 18.5 Å². The van der Waals surface area contributed by atoms with Crippen LogP contribution in [0.15, 0.2) is 43.0 Å². The highest BCUT2D eigenvalue weighted by Crippen LogP contribution is 1.99. The molecule has 0 N–H and O–H groups in total. The van der Waals surface area contributed by atoms with E-state index in [2.05, 4.69) is 6.58 Å². The molecular formula is C12H16O2. The van der Waals surface area contributed by atoms with Crippen LogP contribution < -0.4 is 0 Å². The Bertz CT molecular complexity index is 244. The lowest BCUT2D eigenvalue weighted by Crippen LogP contribution is -2.04. The maximum absolute atomic E-state index is 5.41. The first-order chi connectivity index (χ1) is 6.93. The molecule has 0 aliphatic carbocycles. The third-order valence-corrected chi connectivity index (χ3v) is 1.72. The largest absolute Gasteiger partial charge is 0.375 e. The Morgan fingerprint density at radius 1 is 1.07 bits per heavy atom. The van der Waals surface area contributed by atoms with Crippen LogP contribution in [-0.4, -0.2) is 19.8 Å². The molecule has 0 fully saturated rings. The van der Waals surface area contributed by atoms with E-state index in [0.717, 1.165) is 0 Å². The van der Waals surface area contributed by atoms with Gasteiger partial charge in [0.15, 0.2) is 0 Å². The van der Waals surface area contributed by atoms with Gasteiger partial charge in [-0.2, -0.15) is 0 Å². The predicted molar refractivity (Wildman–Crippen MR) is 57.1 cm³/mol. The van der Waals surface area contributed by atoms with Crippen LogP contribution in [0.3, 0.4) is 0 Å². The molecule has 0 radical (unpaired) electrons. The van der Waals surface area contributed by atoms with Crippen molar-refractivity contribution >= 4 is 0 Å². The van der Waals surface area contributed by atoms with Crippen LogP contribution >= 0.6 is 0 Å². The molecule has 0 heterocycles. The molecule has 1 aromatic carbocycles. The van der Waals surface area contributed by atoms with Crippen molar-refractivity contribution in [3.05, 3.63) is 48.6 Å². The van der Waals surface area contributed by atoms with E-state index in [1.807, 2.05) is 30.3 Å². The van der Waals surface area contributed by atoms with Crippen molar-refractivity contribution in [2.45, 2.75) is 6.61 Å². The van der Waals surface area contributed by atoms with Gasteiger partial charge in [-0.3, -0.25) is 0 Å². The maximum atomic E-state index is 5.41. The summed E-state index contributed by atoms with van der Waals surface area (Å²) in [6.45, 7) is 6.05. The van der Waals surface area contributed by atoms with Gasteiger partial charge in [0.2, 0.25) is 0 Å². The van der Waals surface area contributed by atoms with Gasteiger partial charge in [-0.05, 0) is 5.56 Å². The van der Waals surface area contributed by atoms with E-state index in [-0.39, 0.29) is 0 Å². The first-order valence-electron chi connectivity index (χ1n) is 4.74. The Morgan fingerprint density at radius 2 is 1.79 bits per heavy atom. The van der Waals surface area contributed by atoms with Crippen molar-refractivity contribution in [2.24, 2.45) is 0 Å². The van der Waals surface area contributed by atoms with Gasteiger partial charge in [-0.15, -0.1) is 6.58 Å². The Balaban J connectivity index is 2.02.